The van der Waals surface area contributed by atoms with Crippen molar-refractivity contribution in [1.82, 2.24) is 15.1 Å². The van der Waals surface area contributed by atoms with Crippen LogP contribution in [0, 0.1) is 0 Å². The molecule has 1 fully saturated rings. The molecule has 1 saturated heterocycles. The lowest BCUT2D eigenvalue weighted by Crippen LogP contribution is -2.44. The van der Waals surface area contributed by atoms with Gasteiger partial charge in [0.1, 0.15) is 19.0 Å². The minimum Gasteiger partial charge on any atom is -0.496 e. The Bertz CT molecular complexity index is 819. The van der Waals surface area contributed by atoms with E-state index in [1.165, 1.54) is 30.5 Å². The van der Waals surface area contributed by atoms with Gasteiger partial charge < -0.3 is 14.2 Å². The van der Waals surface area contributed by atoms with Crippen LogP contribution in [0.4, 0.5) is 0 Å². The molecular weight excluding hydrogens is 330 g/mol. The maximum absolute atomic E-state index is 5.77. The second kappa shape index (κ2) is 6.20. The molecule has 1 N–H and O–H groups in total. The third-order valence-corrected chi connectivity index (χ3v) is 6.12. The van der Waals surface area contributed by atoms with Crippen molar-refractivity contribution in [2.24, 2.45) is 0 Å². The van der Waals surface area contributed by atoms with Crippen molar-refractivity contribution in [3.05, 3.63) is 35.2 Å². The summed E-state index contributed by atoms with van der Waals surface area (Å²) in [5, 5.41) is 7.57. The number of fused-ring (bicyclic) bond motifs is 3. The van der Waals surface area contributed by atoms with E-state index in [9.17, 15) is 0 Å². The van der Waals surface area contributed by atoms with Crippen LogP contribution >= 0.6 is 0 Å². The molecule has 0 saturated carbocycles. The quantitative estimate of drug-likeness (QED) is 0.917. The molecule has 0 radical (unpaired) electrons. The van der Waals surface area contributed by atoms with Gasteiger partial charge in [-0.05, 0) is 43.9 Å². The van der Waals surface area contributed by atoms with Crippen LogP contribution in [0.3, 0.4) is 0 Å². The van der Waals surface area contributed by atoms with Crippen molar-refractivity contribution >= 4 is 0 Å². The Morgan fingerprint density at radius 3 is 2.92 bits per heavy atom. The largest absolute Gasteiger partial charge is 0.496 e. The molecule has 2 aromatic rings. The van der Waals surface area contributed by atoms with Crippen molar-refractivity contribution in [3.63, 3.8) is 0 Å². The lowest BCUT2D eigenvalue weighted by molar-refractivity contribution is 0.134. The molecule has 0 amide bonds. The minimum absolute atomic E-state index is 0.241. The summed E-state index contributed by atoms with van der Waals surface area (Å²) in [7, 11) is 1.72. The highest BCUT2D eigenvalue weighted by atomic mass is 16.6. The Balaban J connectivity index is 1.40. The van der Waals surface area contributed by atoms with Gasteiger partial charge in [0.05, 0.1) is 13.3 Å². The Labute approximate surface area is 153 Å². The van der Waals surface area contributed by atoms with E-state index in [0.717, 1.165) is 48.9 Å². The van der Waals surface area contributed by atoms with Gasteiger partial charge in [-0.1, -0.05) is 0 Å². The van der Waals surface area contributed by atoms with Gasteiger partial charge >= 0.3 is 0 Å². The average Bonchev–Trinajstić information content (AvgIpc) is 3.26. The van der Waals surface area contributed by atoms with Crippen molar-refractivity contribution in [1.29, 1.82) is 0 Å². The molecule has 1 aromatic carbocycles. The number of aryl methyl sites for hydroxylation is 1. The second-order valence-corrected chi connectivity index (χ2v) is 7.67. The number of nitrogens with one attached hydrogen (secondary N) is 1. The lowest BCUT2D eigenvalue weighted by atomic mass is 9.77. The first kappa shape index (κ1) is 16.0. The lowest BCUT2D eigenvalue weighted by Gasteiger charge is -2.40. The maximum Gasteiger partial charge on any atom is 0.165 e. The van der Waals surface area contributed by atoms with Gasteiger partial charge in [-0.25, -0.2) is 0 Å². The predicted octanol–water partition coefficient (Wildman–Crippen LogP) is 2.67. The highest BCUT2D eigenvalue weighted by molar-refractivity contribution is 5.51. The van der Waals surface area contributed by atoms with Gasteiger partial charge in [0.2, 0.25) is 0 Å². The summed E-state index contributed by atoms with van der Waals surface area (Å²) in [5.74, 6) is 2.49. The first-order valence-electron chi connectivity index (χ1n) is 9.49. The summed E-state index contributed by atoms with van der Waals surface area (Å²) in [5.41, 5.74) is 4.18. The number of hydrogen-bond donors (Lipinski definition) is 1. The molecule has 2 aliphatic heterocycles. The summed E-state index contributed by atoms with van der Waals surface area (Å²) in [4.78, 5) is 2.55. The van der Waals surface area contributed by atoms with Gasteiger partial charge in [-0.2, -0.15) is 5.10 Å². The fraction of sp³-hybridized carbons (Fsp3) is 0.550. The summed E-state index contributed by atoms with van der Waals surface area (Å²) in [6.07, 6.45) is 6.84. The van der Waals surface area contributed by atoms with Crippen LogP contribution in [0.1, 0.15) is 36.1 Å². The van der Waals surface area contributed by atoms with Crippen LogP contribution in [0.5, 0.6) is 17.2 Å². The normalized spacial score (nSPS) is 24.7. The van der Waals surface area contributed by atoms with E-state index in [2.05, 4.69) is 21.2 Å². The topological polar surface area (TPSA) is 59.6 Å². The first-order valence-corrected chi connectivity index (χ1v) is 9.49. The van der Waals surface area contributed by atoms with Gasteiger partial charge in [-0.15, -0.1) is 0 Å². The zero-order valence-electron chi connectivity index (χ0n) is 15.2. The zero-order chi connectivity index (χ0) is 17.6. The number of likely N-dealkylation sites (tertiary alicyclic amines) is 1. The first-order chi connectivity index (χ1) is 12.8. The molecule has 0 bridgehead atoms. The van der Waals surface area contributed by atoms with E-state index >= 15 is 0 Å². The third-order valence-electron chi connectivity index (χ3n) is 6.12. The van der Waals surface area contributed by atoms with Crippen LogP contribution in [0.15, 0.2) is 18.3 Å². The highest BCUT2D eigenvalue weighted by Gasteiger charge is 2.43. The van der Waals surface area contributed by atoms with Gasteiger partial charge in [0.25, 0.3) is 0 Å². The molecule has 1 unspecified atom stereocenters. The third kappa shape index (κ3) is 2.55. The fourth-order valence-electron chi connectivity index (χ4n) is 4.90. The Morgan fingerprint density at radius 2 is 2.08 bits per heavy atom. The van der Waals surface area contributed by atoms with Crippen molar-refractivity contribution in [2.45, 2.75) is 37.6 Å². The Morgan fingerprint density at radius 1 is 1.23 bits per heavy atom. The molecule has 3 heterocycles. The molecule has 138 valence electrons. The molecule has 3 aliphatic rings. The number of piperidine rings is 1. The summed E-state index contributed by atoms with van der Waals surface area (Å²) in [6, 6.07) is 4.05. The Kier molecular flexibility index (Phi) is 3.81. The number of rotatable bonds is 3. The van der Waals surface area contributed by atoms with Crippen LogP contribution < -0.4 is 14.2 Å². The van der Waals surface area contributed by atoms with E-state index in [-0.39, 0.29) is 5.41 Å². The van der Waals surface area contributed by atoms with Crippen molar-refractivity contribution in [3.8, 4) is 17.2 Å². The molecular formula is C20H25N3O3. The molecule has 26 heavy (non-hydrogen) atoms. The van der Waals surface area contributed by atoms with E-state index in [4.69, 9.17) is 14.2 Å². The SMILES string of the molecule is COc1cc2c(cc1CN1CCCC3(CCc4cn[nH]c43)C1)OCCO2. The minimum atomic E-state index is 0.241. The number of nitrogens with zero attached hydrogens (tertiary/aromatic N) is 2. The molecule has 1 spiro atoms. The van der Waals surface area contributed by atoms with Crippen molar-refractivity contribution in [2.75, 3.05) is 33.4 Å². The van der Waals surface area contributed by atoms with E-state index in [1.807, 2.05) is 12.3 Å². The van der Waals surface area contributed by atoms with Crippen LogP contribution in [-0.4, -0.2) is 48.5 Å². The molecule has 1 atom stereocenters. The fourth-order valence-corrected chi connectivity index (χ4v) is 4.90. The van der Waals surface area contributed by atoms with Gasteiger partial charge in [0.15, 0.2) is 11.5 Å². The molecule has 6 heteroatoms. The monoisotopic (exact) mass is 355 g/mol. The predicted molar refractivity (Wildman–Crippen MR) is 97.1 cm³/mol. The van der Waals surface area contributed by atoms with Gasteiger partial charge in [0, 0.05) is 35.8 Å². The zero-order valence-corrected chi connectivity index (χ0v) is 15.2. The van der Waals surface area contributed by atoms with Gasteiger partial charge in [-0.3, -0.25) is 10.00 Å². The van der Waals surface area contributed by atoms with E-state index < -0.39 is 0 Å². The van der Waals surface area contributed by atoms with Crippen LogP contribution in [-0.2, 0) is 18.4 Å². The number of aromatic nitrogens is 2. The van der Waals surface area contributed by atoms with E-state index in [1.54, 1.807) is 7.11 Å². The summed E-state index contributed by atoms with van der Waals surface area (Å²) >= 11 is 0. The van der Waals surface area contributed by atoms with Crippen LogP contribution in [0.2, 0.25) is 0 Å². The highest BCUT2D eigenvalue weighted by Crippen LogP contribution is 2.44. The summed E-state index contributed by atoms with van der Waals surface area (Å²) in [6.45, 7) is 4.25. The average molecular weight is 355 g/mol. The number of H-pyrrole nitrogens is 1. The molecule has 1 aliphatic carbocycles. The molecule has 1 aromatic heterocycles. The Hall–Kier alpha value is -2.21. The van der Waals surface area contributed by atoms with Crippen LogP contribution in [0.25, 0.3) is 0 Å². The van der Waals surface area contributed by atoms with E-state index in [0.29, 0.717) is 13.2 Å². The standard InChI is InChI=1S/C20H25N3O3/c1-24-16-10-18-17(25-7-8-26-18)9-15(16)12-23-6-2-4-20(13-23)5-3-14-11-21-22-19(14)20/h9-11H,2-8,12-13H2,1H3,(H,21,22). The maximum atomic E-state index is 5.77. The van der Waals surface area contributed by atoms with Crippen molar-refractivity contribution < 1.29 is 14.2 Å². The second-order valence-electron chi connectivity index (χ2n) is 7.67. The number of ether oxygens (including phenoxy) is 3. The number of aromatic amines is 1. The summed E-state index contributed by atoms with van der Waals surface area (Å²) < 4.78 is 17.1. The molecule has 6 nitrogen and oxygen atoms in total. The molecule has 5 rings (SSSR count). The number of benzene rings is 1. The smallest absolute Gasteiger partial charge is 0.165 e. The number of hydrogen-bond acceptors (Lipinski definition) is 5. The number of methoxy groups -OCH3 is 1.